The maximum absolute atomic E-state index is 3.38. The van der Waals surface area contributed by atoms with Gasteiger partial charge < -0.3 is 5.32 Å². The van der Waals surface area contributed by atoms with Crippen molar-refractivity contribution in [2.75, 3.05) is 20.1 Å². The minimum absolute atomic E-state index is 0.616. The van der Waals surface area contributed by atoms with Gasteiger partial charge >= 0.3 is 0 Å². The van der Waals surface area contributed by atoms with Gasteiger partial charge in [-0.05, 0) is 71.8 Å². The van der Waals surface area contributed by atoms with Gasteiger partial charge in [-0.1, -0.05) is 0 Å². The van der Waals surface area contributed by atoms with Crippen LogP contribution in [-0.2, 0) is 0 Å². The fourth-order valence-corrected chi connectivity index (χ4v) is 4.26. The number of nitrogens with zero attached hydrogens (tertiary/aromatic N) is 1. The molecule has 2 heterocycles. The summed E-state index contributed by atoms with van der Waals surface area (Å²) in [5, 5.41) is 3.38. The molecule has 18 heavy (non-hydrogen) atoms. The lowest BCUT2D eigenvalue weighted by molar-refractivity contribution is 0.0658. The van der Waals surface area contributed by atoms with Gasteiger partial charge in [-0.25, -0.2) is 0 Å². The maximum Gasteiger partial charge on any atom is 0.0484 e. The monoisotopic (exact) mass is 266 g/mol. The van der Waals surface area contributed by atoms with Gasteiger partial charge in [0.25, 0.3) is 0 Å². The molecule has 2 nitrogen and oxygen atoms in total. The predicted molar refractivity (Wildman–Crippen MR) is 80.3 cm³/mol. The minimum atomic E-state index is 0.616. The molecule has 2 unspecified atom stereocenters. The standard InChI is InChI=1S/C15H26N2S/c1-11(2)17-9-5-6-13(10-16-4)15(17)14-8-7-12(3)18-14/h7-8,11,13,15-16H,5-6,9-10H2,1-4H3. The number of likely N-dealkylation sites (tertiary alicyclic amines) is 1. The van der Waals surface area contributed by atoms with Crippen molar-refractivity contribution in [2.45, 2.75) is 45.7 Å². The van der Waals surface area contributed by atoms with E-state index >= 15 is 0 Å². The van der Waals surface area contributed by atoms with Crippen molar-refractivity contribution in [1.29, 1.82) is 0 Å². The molecule has 0 spiro atoms. The molecule has 2 rings (SSSR count). The zero-order valence-electron chi connectivity index (χ0n) is 12.1. The van der Waals surface area contributed by atoms with Crippen LogP contribution in [-0.4, -0.2) is 31.1 Å². The third-order valence-electron chi connectivity index (χ3n) is 3.98. The van der Waals surface area contributed by atoms with Gasteiger partial charge in [0.2, 0.25) is 0 Å². The Morgan fingerprint density at radius 3 is 2.78 bits per heavy atom. The lowest BCUT2D eigenvalue weighted by Crippen LogP contribution is -2.45. The van der Waals surface area contributed by atoms with E-state index < -0.39 is 0 Å². The summed E-state index contributed by atoms with van der Waals surface area (Å²) >= 11 is 1.98. The highest BCUT2D eigenvalue weighted by Gasteiger charge is 2.34. The number of piperidine rings is 1. The first-order chi connectivity index (χ1) is 8.63. The van der Waals surface area contributed by atoms with Crippen molar-refractivity contribution in [3.63, 3.8) is 0 Å². The molecule has 102 valence electrons. The molecule has 1 N–H and O–H groups in total. The summed E-state index contributed by atoms with van der Waals surface area (Å²) in [6.07, 6.45) is 2.69. The highest BCUT2D eigenvalue weighted by atomic mass is 32.1. The number of aryl methyl sites for hydroxylation is 1. The highest BCUT2D eigenvalue weighted by Crippen LogP contribution is 2.39. The molecule has 1 saturated heterocycles. The van der Waals surface area contributed by atoms with Crippen LogP contribution >= 0.6 is 11.3 Å². The van der Waals surface area contributed by atoms with Crippen LogP contribution in [0.5, 0.6) is 0 Å². The topological polar surface area (TPSA) is 15.3 Å². The molecule has 1 aromatic rings. The Balaban J connectivity index is 2.26. The molecule has 2 atom stereocenters. The largest absolute Gasteiger partial charge is 0.319 e. The van der Waals surface area contributed by atoms with Crippen molar-refractivity contribution in [3.8, 4) is 0 Å². The lowest BCUT2D eigenvalue weighted by Gasteiger charge is -2.43. The zero-order valence-corrected chi connectivity index (χ0v) is 12.9. The fraction of sp³-hybridized carbons (Fsp3) is 0.733. The van der Waals surface area contributed by atoms with E-state index in [0.29, 0.717) is 12.1 Å². The highest BCUT2D eigenvalue weighted by molar-refractivity contribution is 7.12. The normalized spacial score (nSPS) is 25.8. The van der Waals surface area contributed by atoms with Crippen LogP contribution in [0.3, 0.4) is 0 Å². The van der Waals surface area contributed by atoms with Crippen LogP contribution < -0.4 is 5.32 Å². The number of hydrogen-bond donors (Lipinski definition) is 1. The molecule has 0 amide bonds. The summed E-state index contributed by atoms with van der Waals surface area (Å²) in [6, 6.07) is 5.86. The van der Waals surface area contributed by atoms with E-state index in [1.54, 1.807) is 4.88 Å². The Kier molecular flexibility index (Phi) is 4.82. The molecule has 0 radical (unpaired) electrons. The molecule has 1 aliphatic rings. The Bertz CT molecular complexity index is 370. The van der Waals surface area contributed by atoms with Gasteiger partial charge in [0.05, 0.1) is 0 Å². The first-order valence-corrected chi connectivity index (χ1v) is 7.91. The second-order valence-electron chi connectivity index (χ2n) is 5.68. The third-order valence-corrected chi connectivity index (χ3v) is 5.05. The SMILES string of the molecule is CNCC1CCCN(C(C)C)C1c1ccc(C)s1. The first-order valence-electron chi connectivity index (χ1n) is 7.10. The number of thiophene rings is 1. The number of nitrogens with one attached hydrogen (secondary N) is 1. The Hall–Kier alpha value is -0.380. The average Bonchev–Trinajstić information content (AvgIpc) is 2.75. The van der Waals surface area contributed by atoms with E-state index in [1.165, 1.54) is 24.3 Å². The number of hydrogen-bond acceptors (Lipinski definition) is 3. The second kappa shape index (κ2) is 6.18. The molecular weight excluding hydrogens is 240 g/mol. The Labute approximate surface area is 115 Å². The van der Waals surface area contributed by atoms with E-state index in [0.717, 1.165) is 12.5 Å². The zero-order chi connectivity index (χ0) is 13.1. The molecule has 0 aromatic carbocycles. The van der Waals surface area contributed by atoms with Crippen molar-refractivity contribution >= 4 is 11.3 Å². The second-order valence-corrected chi connectivity index (χ2v) is 7.00. The van der Waals surface area contributed by atoms with Gasteiger partial charge in [-0.3, -0.25) is 4.90 Å². The van der Waals surface area contributed by atoms with Gasteiger partial charge in [0.15, 0.2) is 0 Å². The minimum Gasteiger partial charge on any atom is -0.319 e. The van der Waals surface area contributed by atoms with E-state index in [4.69, 9.17) is 0 Å². The fourth-order valence-electron chi connectivity index (χ4n) is 3.17. The van der Waals surface area contributed by atoms with Crippen molar-refractivity contribution in [3.05, 3.63) is 21.9 Å². The Morgan fingerprint density at radius 1 is 1.44 bits per heavy atom. The summed E-state index contributed by atoms with van der Waals surface area (Å²) in [5.74, 6) is 0.754. The molecule has 1 aliphatic heterocycles. The van der Waals surface area contributed by atoms with Crippen LogP contribution in [0.15, 0.2) is 12.1 Å². The van der Waals surface area contributed by atoms with Gasteiger partial charge in [-0.15, -0.1) is 11.3 Å². The third kappa shape index (κ3) is 2.95. The molecule has 1 aromatic heterocycles. The van der Waals surface area contributed by atoms with E-state index in [-0.39, 0.29) is 0 Å². The summed E-state index contributed by atoms with van der Waals surface area (Å²) in [6.45, 7) is 9.25. The van der Waals surface area contributed by atoms with Gasteiger partial charge in [0, 0.05) is 21.8 Å². The molecular formula is C15H26N2S. The van der Waals surface area contributed by atoms with Gasteiger partial charge in [-0.2, -0.15) is 0 Å². The molecule has 1 fully saturated rings. The van der Waals surface area contributed by atoms with E-state index in [2.05, 4.69) is 50.2 Å². The van der Waals surface area contributed by atoms with Crippen molar-refractivity contribution in [2.24, 2.45) is 5.92 Å². The maximum atomic E-state index is 3.38. The van der Waals surface area contributed by atoms with Crippen LogP contribution in [0.4, 0.5) is 0 Å². The Morgan fingerprint density at radius 2 is 2.22 bits per heavy atom. The average molecular weight is 266 g/mol. The van der Waals surface area contributed by atoms with Gasteiger partial charge in [0.1, 0.15) is 0 Å². The van der Waals surface area contributed by atoms with Crippen molar-refractivity contribution in [1.82, 2.24) is 10.2 Å². The smallest absolute Gasteiger partial charge is 0.0484 e. The summed E-state index contributed by atoms with van der Waals surface area (Å²) in [4.78, 5) is 5.68. The lowest BCUT2D eigenvalue weighted by atomic mass is 9.87. The number of rotatable bonds is 4. The van der Waals surface area contributed by atoms with E-state index in [1.807, 2.05) is 11.3 Å². The quantitative estimate of drug-likeness (QED) is 0.898. The van der Waals surface area contributed by atoms with Crippen LogP contribution in [0, 0.1) is 12.8 Å². The summed E-state index contributed by atoms with van der Waals surface area (Å²) in [7, 11) is 2.07. The molecule has 0 aliphatic carbocycles. The van der Waals surface area contributed by atoms with Crippen LogP contribution in [0.2, 0.25) is 0 Å². The molecule has 3 heteroatoms. The van der Waals surface area contributed by atoms with Crippen LogP contribution in [0.25, 0.3) is 0 Å². The molecule has 0 bridgehead atoms. The first kappa shape index (κ1) is 14.0. The summed E-state index contributed by atoms with van der Waals surface area (Å²) < 4.78 is 0. The van der Waals surface area contributed by atoms with E-state index in [9.17, 15) is 0 Å². The summed E-state index contributed by atoms with van der Waals surface area (Å²) in [5.41, 5.74) is 0. The van der Waals surface area contributed by atoms with Crippen molar-refractivity contribution < 1.29 is 0 Å². The predicted octanol–water partition coefficient (Wildman–Crippen LogP) is 3.44. The molecule has 0 saturated carbocycles. The van der Waals surface area contributed by atoms with Crippen LogP contribution in [0.1, 0.15) is 42.5 Å².